The lowest BCUT2D eigenvalue weighted by Crippen LogP contribution is -2.31. The second kappa shape index (κ2) is 4.07. The number of nitrogens with zero attached hydrogens (tertiary/aromatic N) is 4. The zero-order chi connectivity index (χ0) is 12.9. The molecule has 2 aromatic rings. The number of rotatable bonds is 1. The van der Waals surface area contributed by atoms with E-state index < -0.39 is 24.7 Å². The molecule has 0 aliphatic carbocycles. The molecular formula is C9H9N4O4S-. The SMILES string of the molecule is O[C@H]1[C@H](O)[C@@H](n2ncc3c([S-])ncnc32)O[C@H]1O. The Morgan fingerprint density at radius 1 is 1.22 bits per heavy atom. The molecule has 0 radical (unpaired) electrons. The second-order valence-corrected chi connectivity index (χ2v) is 4.29. The summed E-state index contributed by atoms with van der Waals surface area (Å²) in [6.45, 7) is 0. The van der Waals surface area contributed by atoms with E-state index in [1.54, 1.807) is 0 Å². The van der Waals surface area contributed by atoms with Crippen LogP contribution in [0.5, 0.6) is 0 Å². The summed E-state index contributed by atoms with van der Waals surface area (Å²) in [5.74, 6) is 0. The van der Waals surface area contributed by atoms with Gasteiger partial charge in [-0.3, -0.25) is 4.98 Å². The largest absolute Gasteiger partial charge is 0.759 e. The van der Waals surface area contributed by atoms with Gasteiger partial charge in [0.2, 0.25) is 0 Å². The maximum Gasteiger partial charge on any atom is 0.186 e. The summed E-state index contributed by atoms with van der Waals surface area (Å²) in [6.07, 6.45) is -2.45. The van der Waals surface area contributed by atoms with Crippen LogP contribution in [0.25, 0.3) is 11.0 Å². The van der Waals surface area contributed by atoms with Crippen LogP contribution in [0.3, 0.4) is 0 Å². The van der Waals surface area contributed by atoms with Crippen LogP contribution in [0, 0.1) is 0 Å². The summed E-state index contributed by atoms with van der Waals surface area (Å²) >= 11 is 5.01. The highest BCUT2D eigenvalue weighted by Gasteiger charge is 2.43. The highest BCUT2D eigenvalue weighted by Crippen LogP contribution is 2.30. The summed E-state index contributed by atoms with van der Waals surface area (Å²) in [7, 11) is 0. The average Bonchev–Trinajstić information content (AvgIpc) is 2.88. The standard InChI is InChI=1S/C9H10N4O4S/c14-4-5(15)9(16)17-8(4)13-6-3(1-12-13)7(18)11-2-10-6/h1-2,4-5,8-9,14-16H,(H,10,11,18)/p-1/t4-,5-,8-,9+/m0/s1. The van der Waals surface area contributed by atoms with Crippen molar-refractivity contribution >= 4 is 23.7 Å². The summed E-state index contributed by atoms with van der Waals surface area (Å²) in [6, 6.07) is 0. The van der Waals surface area contributed by atoms with Crippen LogP contribution in [0.4, 0.5) is 0 Å². The van der Waals surface area contributed by atoms with E-state index >= 15 is 0 Å². The van der Waals surface area contributed by atoms with Crippen LogP contribution < -0.4 is 0 Å². The van der Waals surface area contributed by atoms with Crippen LogP contribution in [0.2, 0.25) is 0 Å². The number of aliphatic hydroxyl groups is 3. The Bertz CT molecular complexity index is 591. The van der Waals surface area contributed by atoms with Crippen LogP contribution in [-0.4, -0.2) is 53.6 Å². The van der Waals surface area contributed by atoms with Crippen LogP contribution >= 0.6 is 0 Å². The molecule has 8 nitrogen and oxygen atoms in total. The minimum absolute atomic E-state index is 0.333. The first-order valence-corrected chi connectivity index (χ1v) is 5.55. The van der Waals surface area contributed by atoms with E-state index in [1.807, 2.05) is 0 Å². The van der Waals surface area contributed by atoms with Crippen LogP contribution in [0.15, 0.2) is 17.6 Å². The molecule has 4 atom stereocenters. The third kappa shape index (κ3) is 1.56. The van der Waals surface area contributed by atoms with Crippen molar-refractivity contribution in [3.05, 3.63) is 12.5 Å². The molecule has 1 fully saturated rings. The Kier molecular flexibility index (Phi) is 2.64. The molecule has 1 aliphatic heterocycles. The fourth-order valence-electron chi connectivity index (χ4n) is 1.87. The van der Waals surface area contributed by atoms with Crippen LogP contribution in [-0.2, 0) is 17.4 Å². The van der Waals surface area contributed by atoms with Gasteiger partial charge in [-0.15, -0.1) is 0 Å². The lowest BCUT2D eigenvalue weighted by Gasteiger charge is -2.15. The van der Waals surface area contributed by atoms with Gasteiger partial charge in [0, 0.05) is 5.39 Å². The predicted octanol–water partition coefficient (Wildman–Crippen LogP) is -1.70. The maximum absolute atomic E-state index is 9.76. The summed E-state index contributed by atoms with van der Waals surface area (Å²) in [5, 5.41) is 33.4. The van der Waals surface area contributed by atoms with Gasteiger partial charge in [0.25, 0.3) is 0 Å². The number of ether oxygens (including phenoxy) is 1. The zero-order valence-electron chi connectivity index (χ0n) is 8.91. The minimum Gasteiger partial charge on any atom is -0.759 e. The minimum atomic E-state index is -1.46. The fourth-order valence-corrected chi connectivity index (χ4v) is 2.06. The number of fused-ring (bicyclic) bond motifs is 1. The first-order chi connectivity index (χ1) is 8.59. The van der Waals surface area contributed by atoms with Gasteiger partial charge in [0.1, 0.15) is 18.5 Å². The summed E-state index contributed by atoms with van der Waals surface area (Å²) in [5.41, 5.74) is 0.375. The number of hydrogen-bond acceptors (Lipinski definition) is 8. The van der Waals surface area contributed by atoms with E-state index in [0.29, 0.717) is 16.1 Å². The Balaban J connectivity index is 2.08. The van der Waals surface area contributed by atoms with E-state index in [0.717, 1.165) is 0 Å². The molecule has 3 N–H and O–H groups in total. The molecule has 0 spiro atoms. The molecule has 1 saturated heterocycles. The average molecular weight is 269 g/mol. The first kappa shape index (κ1) is 11.7. The molecule has 0 unspecified atom stereocenters. The smallest absolute Gasteiger partial charge is 0.186 e. The highest BCUT2D eigenvalue weighted by atomic mass is 32.1. The van der Waals surface area contributed by atoms with Gasteiger partial charge in [0.05, 0.1) is 6.20 Å². The monoisotopic (exact) mass is 269 g/mol. The first-order valence-electron chi connectivity index (χ1n) is 5.14. The van der Waals surface area contributed by atoms with Gasteiger partial charge in [-0.25, -0.2) is 9.67 Å². The van der Waals surface area contributed by atoms with Gasteiger partial charge in [0.15, 0.2) is 18.2 Å². The van der Waals surface area contributed by atoms with E-state index in [1.165, 1.54) is 17.2 Å². The zero-order valence-corrected chi connectivity index (χ0v) is 9.73. The van der Waals surface area contributed by atoms with Crippen molar-refractivity contribution in [2.45, 2.75) is 29.8 Å². The maximum atomic E-state index is 9.76. The Labute approximate surface area is 106 Å². The van der Waals surface area contributed by atoms with Crippen molar-refractivity contribution in [1.29, 1.82) is 0 Å². The molecule has 0 saturated carbocycles. The molecule has 0 bridgehead atoms. The molecule has 9 heteroatoms. The summed E-state index contributed by atoms with van der Waals surface area (Å²) in [4.78, 5) is 7.84. The van der Waals surface area contributed by atoms with Crippen molar-refractivity contribution in [3.8, 4) is 0 Å². The van der Waals surface area contributed by atoms with Gasteiger partial charge >= 0.3 is 0 Å². The third-order valence-electron chi connectivity index (χ3n) is 2.81. The summed E-state index contributed by atoms with van der Waals surface area (Å²) < 4.78 is 6.30. The predicted molar refractivity (Wildman–Crippen MR) is 59.1 cm³/mol. The molecule has 3 rings (SSSR count). The quantitative estimate of drug-likeness (QED) is 0.415. The van der Waals surface area contributed by atoms with E-state index in [2.05, 4.69) is 15.1 Å². The van der Waals surface area contributed by atoms with Crippen molar-refractivity contribution in [1.82, 2.24) is 19.7 Å². The Morgan fingerprint density at radius 3 is 2.67 bits per heavy atom. The molecule has 0 aromatic carbocycles. The molecule has 2 aromatic heterocycles. The number of hydrogen-bond donors (Lipinski definition) is 3. The molecule has 3 heterocycles. The van der Waals surface area contributed by atoms with Crippen molar-refractivity contribution in [2.24, 2.45) is 0 Å². The van der Waals surface area contributed by atoms with E-state index in [9.17, 15) is 15.3 Å². The molecular weight excluding hydrogens is 260 g/mol. The second-order valence-electron chi connectivity index (χ2n) is 3.90. The van der Waals surface area contributed by atoms with Gasteiger partial charge in [-0.2, -0.15) is 5.10 Å². The molecule has 96 valence electrons. The van der Waals surface area contributed by atoms with Gasteiger partial charge in [-0.05, 0) is 0 Å². The lowest BCUT2D eigenvalue weighted by atomic mass is 10.2. The van der Waals surface area contributed by atoms with Crippen molar-refractivity contribution < 1.29 is 20.1 Å². The Hall–Kier alpha value is -1.39. The number of aliphatic hydroxyl groups excluding tert-OH is 3. The molecule has 18 heavy (non-hydrogen) atoms. The van der Waals surface area contributed by atoms with E-state index in [4.69, 9.17) is 17.4 Å². The highest BCUT2D eigenvalue weighted by molar-refractivity contribution is 7.59. The van der Waals surface area contributed by atoms with Gasteiger partial charge < -0.3 is 32.7 Å². The van der Waals surface area contributed by atoms with Crippen LogP contribution in [0.1, 0.15) is 6.23 Å². The molecule has 1 aliphatic rings. The van der Waals surface area contributed by atoms with Crippen molar-refractivity contribution in [3.63, 3.8) is 0 Å². The number of aromatic nitrogens is 4. The van der Waals surface area contributed by atoms with Gasteiger partial charge in [-0.1, -0.05) is 5.03 Å². The molecule has 0 amide bonds. The lowest BCUT2D eigenvalue weighted by molar-refractivity contribution is -0.143. The normalized spacial score (nSPS) is 32.2. The van der Waals surface area contributed by atoms with Crippen molar-refractivity contribution in [2.75, 3.05) is 0 Å². The topological polar surface area (TPSA) is 114 Å². The fraction of sp³-hybridized carbons (Fsp3) is 0.444. The van der Waals surface area contributed by atoms with E-state index in [-0.39, 0.29) is 0 Å². The Morgan fingerprint density at radius 2 is 2.00 bits per heavy atom. The third-order valence-corrected chi connectivity index (χ3v) is 3.13.